The number of hydrogen-bond donors (Lipinski definition) is 1. The second kappa shape index (κ2) is 5.82. The Labute approximate surface area is 117 Å². The van der Waals surface area contributed by atoms with Gasteiger partial charge in [0.15, 0.2) is 5.76 Å². The number of nitrogens with one attached hydrogen (secondary N) is 1. The molecule has 0 unspecified atom stereocenters. The van der Waals surface area contributed by atoms with Crippen molar-refractivity contribution in [2.45, 2.75) is 19.3 Å². The van der Waals surface area contributed by atoms with Crippen molar-refractivity contribution >= 4 is 5.91 Å². The third-order valence-corrected chi connectivity index (χ3v) is 3.47. The summed E-state index contributed by atoms with van der Waals surface area (Å²) < 4.78 is 10.7. The minimum absolute atomic E-state index is 0.215. The Hall–Kier alpha value is -2.23. The Morgan fingerprint density at radius 3 is 3.00 bits per heavy atom. The standard InChI is InChI=1S/C16H17NO3/c18-16(15-5-2-9-20-15)17-8-10-19-14-7-6-12-3-1-4-13(12)11-14/h2,5-7,9,11H,1,3-4,8,10H2,(H,17,18). The van der Waals surface area contributed by atoms with Crippen molar-refractivity contribution in [1.29, 1.82) is 0 Å². The van der Waals surface area contributed by atoms with Crippen LogP contribution in [0, 0.1) is 0 Å². The lowest BCUT2D eigenvalue weighted by atomic mass is 10.1. The summed E-state index contributed by atoms with van der Waals surface area (Å²) in [5.41, 5.74) is 2.82. The summed E-state index contributed by atoms with van der Waals surface area (Å²) in [6, 6.07) is 9.57. The first-order chi connectivity index (χ1) is 9.83. The molecule has 0 atom stereocenters. The average molecular weight is 271 g/mol. The Morgan fingerprint density at radius 1 is 1.25 bits per heavy atom. The second-order valence-corrected chi connectivity index (χ2v) is 4.87. The summed E-state index contributed by atoms with van der Waals surface area (Å²) in [5, 5.41) is 2.75. The van der Waals surface area contributed by atoms with Gasteiger partial charge in [-0.15, -0.1) is 0 Å². The molecule has 1 heterocycles. The lowest BCUT2D eigenvalue weighted by molar-refractivity contribution is 0.0919. The maximum Gasteiger partial charge on any atom is 0.287 e. The molecule has 1 aromatic heterocycles. The molecule has 4 heteroatoms. The molecule has 1 aliphatic carbocycles. The smallest absolute Gasteiger partial charge is 0.287 e. The fraction of sp³-hybridized carbons (Fsp3) is 0.312. The van der Waals surface area contributed by atoms with E-state index in [0.29, 0.717) is 18.9 Å². The molecule has 0 saturated carbocycles. The predicted octanol–water partition coefficient (Wildman–Crippen LogP) is 2.58. The molecule has 0 saturated heterocycles. The van der Waals surface area contributed by atoms with E-state index < -0.39 is 0 Å². The SMILES string of the molecule is O=C(NCCOc1ccc2c(c1)CCC2)c1ccco1. The molecule has 1 amide bonds. The molecule has 0 fully saturated rings. The van der Waals surface area contributed by atoms with Crippen molar-refractivity contribution in [2.24, 2.45) is 0 Å². The fourth-order valence-corrected chi connectivity index (χ4v) is 2.47. The lowest BCUT2D eigenvalue weighted by Gasteiger charge is -2.08. The van der Waals surface area contributed by atoms with Gasteiger partial charge in [0.2, 0.25) is 0 Å². The molecule has 1 aliphatic rings. The van der Waals surface area contributed by atoms with Crippen molar-refractivity contribution in [3.8, 4) is 5.75 Å². The van der Waals surface area contributed by atoms with E-state index in [2.05, 4.69) is 17.4 Å². The first kappa shape index (κ1) is 12.8. The Morgan fingerprint density at radius 2 is 2.15 bits per heavy atom. The van der Waals surface area contributed by atoms with Crippen LogP contribution >= 0.6 is 0 Å². The molecule has 0 aliphatic heterocycles. The van der Waals surface area contributed by atoms with Gasteiger partial charge in [0, 0.05) is 0 Å². The molecular formula is C16H17NO3. The van der Waals surface area contributed by atoms with Crippen LogP contribution in [0.25, 0.3) is 0 Å². The predicted molar refractivity (Wildman–Crippen MR) is 75.0 cm³/mol. The molecule has 2 aromatic rings. The number of amides is 1. The van der Waals surface area contributed by atoms with Crippen LogP contribution in [-0.2, 0) is 12.8 Å². The first-order valence-corrected chi connectivity index (χ1v) is 6.89. The third kappa shape index (κ3) is 2.85. The Balaban J connectivity index is 1.45. The number of fused-ring (bicyclic) bond motifs is 1. The molecule has 1 N–H and O–H groups in total. The van der Waals surface area contributed by atoms with Crippen molar-refractivity contribution in [1.82, 2.24) is 5.32 Å². The van der Waals surface area contributed by atoms with Gasteiger partial charge in [-0.25, -0.2) is 0 Å². The minimum atomic E-state index is -0.215. The highest BCUT2D eigenvalue weighted by Gasteiger charge is 2.11. The zero-order chi connectivity index (χ0) is 13.8. The van der Waals surface area contributed by atoms with E-state index in [1.807, 2.05) is 6.07 Å². The highest BCUT2D eigenvalue weighted by atomic mass is 16.5. The van der Waals surface area contributed by atoms with Crippen LogP contribution in [0.5, 0.6) is 5.75 Å². The summed E-state index contributed by atoms with van der Waals surface area (Å²) in [6.45, 7) is 0.905. The third-order valence-electron chi connectivity index (χ3n) is 3.47. The van der Waals surface area contributed by atoms with Crippen LogP contribution < -0.4 is 10.1 Å². The topological polar surface area (TPSA) is 51.5 Å². The number of hydrogen-bond acceptors (Lipinski definition) is 3. The number of ether oxygens (including phenoxy) is 1. The monoisotopic (exact) mass is 271 g/mol. The van der Waals surface area contributed by atoms with Crippen LogP contribution in [0.4, 0.5) is 0 Å². The minimum Gasteiger partial charge on any atom is -0.492 e. The van der Waals surface area contributed by atoms with E-state index in [1.54, 1.807) is 12.1 Å². The summed E-state index contributed by atoms with van der Waals surface area (Å²) >= 11 is 0. The number of carbonyl (C=O) groups is 1. The lowest BCUT2D eigenvalue weighted by Crippen LogP contribution is -2.27. The molecular weight excluding hydrogens is 254 g/mol. The number of rotatable bonds is 5. The summed E-state index contributed by atoms with van der Waals surface area (Å²) in [4.78, 5) is 11.6. The van der Waals surface area contributed by atoms with E-state index in [0.717, 1.165) is 12.2 Å². The largest absolute Gasteiger partial charge is 0.492 e. The molecule has 3 rings (SSSR count). The van der Waals surface area contributed by atoms with Gasteiger partial charge in [0.25, 0.3) is 5.91 Å². The van der Waals surface area contributed by atoms with Crippen molar-refractivity contribution in [2.75, 3.05) is 13.2 Å². The highest BCUT2D eigenvalue weighted by molar-refractivity contribution is 5.91. The van der Waals surface area contributed by atoms with E-state index in [4.69, 9.17) is 9.15 Å². The zero-order valence-corrected chi connectivity index (χ0v) is 11.2. The number of benzene rings is 1. The van der Waals surface area contributed by atoms with Crippen molar-refractivity contribution in [3.05, 3.63) is 53.5 Å². The summed E-state index contributed by atoms with van der Waals surface area (Å²) in [7, 11) is 0. The second-order valence-electron chi connectivity index (χ2n) is 4.87. The molecule has 0 spiro atoms. The molecule has 0 bridgehead atoms. The van der Waals surface area contributed by atoms with Gasteiger partial charge in [-0.1, -0.05) is 6.07 Å². The van der Waals surface area contributed by atoms with Crippen molar-refractivity contribution < 1.29 is 13.9 Å². The fourth-order valence-electron chi connectivity index (χ4n) is 2.47. The molecule has 20 heavy (non-hydrogen) atoms. The molecule has 104 valence electrons. The average Bonchev–Trinajstić information content (AvgIpc) is 3.13. The number of carbonyl (C=O) groups excluding carboxylic acids is 1. The van der Waals surface area contributed by atoms with Gasteiger partial charge < -0.3 is 14.5 Å². The zero-order valence-electron chi connectivity index (χ0n) is 11.2. The van der Waals surface area contributed by atoms with Crippen LogP contribution in [-0.4, -0.2) is 19.1 Å². The van der Waals surface area contributed by atoms with E-state index >= 15 is 0 Å². The van der Waals surface area contributed by atoms with Gasteiger partial charge in [0.1, 0.15) is 12.4 Å². The van der Waals surface area contributed by atoms with Crippen LogP contribution in [0.15, 0.2) is 41.0 Å². The van der Waals surface area contributed by atoms with E-state index in [1.165, 1.54) is 30.2 Å². The Bertz CT molecular complexity index is 590. The van der Waals surface area contributed by atoms with Crippen molar-refractivity contribution in [3.63, 3.8) is 0 Å². The summed E-state index contributed by atoms with van der Waals surface area (Å²) in [5.74, 6) is 0.980. The van der Waals surface area contributed by atoms with Gasteiger partial charge in [-0.2, -0.15) is 0 Å². The summed E-state index contributed by atoms with van der Waals surface area (Å²) in [6.07, 6.45) is 5.03. The normalized spacial score (nSPS) is 13.0. The maximum atomic E-state index is 11.6. The highest BCUT2D eigenvalue weighted by Crippen LogP contribution is 2.25. The van der Waals surface area contributed by atoms with Crippen LogP contribution in [0.3, 0.4) is 0 Å². The quantitative estimate of drug-likeness (QED) is 0.850. The van der Waals surface area contributed by atoms with Crippen LogP contribution in [0.1, 0.15) is 28.1 Å². The number of furan rings is 1. The van der Waals surface area contributed by atoms with E-state index in [9.17, 15) is 4.79 Å². The Kier molecular flexibility index (Phi) is 3.72. The maximum absolute atomic E-state index is 11.6. The molecule has 0 radical (unpaired) electrons. The van der Waals surface area contributed by atoms with Gasteiger partial charge in [0.05, 0.1) is 12.8 Å². The van der Waals surface area contributed by atoms with E-state index in [-0.39, 0.29) is 5.91 Å². The molecule has 1 aromatic carbocycles. The van der Waals surface area contributed by atoms with Gasteiger partial charge in [-0.3, -0.25) is 4.79 Å². The molecule has 4 nitrogen and oxygen atoms in total. The van der Waals surface area contributed by atoms with Gasteiger partial charge in [-0.05, 0) is 54.7 Å². The number of aryl methyl sites for hydroxylation is 2. The van der Waals surface area contributed by atoms with Crippen LogP contribution in [0.2, 0.25) is 0 Å². The van der Waals surface area contributed by atoms with Gasteiger partial charge >= 0.3 is 0 Å². The first-order valence-electron chi connectivity index (χ1n) is 6.89.